The molecule has 1 saturated carbocycles. The van der Waals surface area contributed by atoms with E-state index in [1.807, 2.05) is 47.3 Å². The summed E-state index contributed by atoms with van der Waals surface area (Å²) in [5.74, 6) is 1.31. The smallest absolute Gasteiger partial charge is 0.136 e. The van der Waals surface area contributed by atoms with Gasteiger partial charge in [-0.3, -0.25) is 4.79 Å². The molecule has 0 aliphatic heterocycles. The molecular formula is C18H22N2O. The maximum Gasteiger partial charge on any atom is 0.136 e. The number of benzene rings is 1. The van der Waals surface area contributed by atoms with Gasteiger partial charge in [0.15, 0.2) is 0 Å². The average molecular weight is 282 g/mol. The Labute approximate surface area is 126 Å². The monoisotopic (exact) mass is 282 g/mol. The number of hydrogen-bond donors (Lipinski definition) is 0. The molecule has 0 N–H and O–H groups in total. The van der Waals surface area contributed by atoms with E-state index in [1.54, 1.807) is 0 Å². The van der Waals surface area contributed by atoms with E-state index in [4.69, 9.17) is 0 Å². The first-order chi connectivity index (χ1) is 10.3. The highest BCUT2D eigenvalue weighted by molar-refractivity contribution is 5.81. The lowest BCUT2D eigenvalue weighted by atomic mass is 9.77. The van der Waals surface area contributed by atoms with Crippen LogP contribution in [0.1, 0.15) is 38.3 Å². The molecule has 1 fully saturated rings. The van der Waals surface area contributed by atoms with Crippen molar-refractivity contribution in [1.82, 2.24) is 9.78 Å². The van der Waals surface area contributed by atoms with E-state index >= 15 is 0 Å². The van der Waals surface area contributed by atoms with E-state index in [-0.39, 0.29) is 5.92 Å². The van der Waals surface area contributed by atoms with Crippen LogP contribution in [-0.2, 0) is 11.2 Å². The zero-order valence-electron chi connectivity index (χ0n) is 12.5. The van der Waals surface area contributed by atoms with Gasteiger partial charge in [0.1, 0.15) is 5.78 Å². The summed E-state index contributed by atoms with van der Waals surface area (Å²) in [6, 6.07) is 12.1. The van der Waals surface area contributed by atoms with Gasteiger partial charge in [-0.1, -0.05) is 31.5 Å². The van der Waals surface area contributed by atoms with E-state index in [9.17, 15) is 4.79 Å². The zero-order valence-corrected chi connectivity index (χ0v) is 12.5. The van der Waals surface area contributed by atoms with Crippen molar-refractivity contribution in [2.24, 2.45) is 11.8 Å². The summed E-state index contributed by atoms with van der Waals surface area (Å²) < 4.78 is 1.89. The number of ketones is 1. The molecule has 0 saturated heterocycles. The van der Waals surface area contributed by atoms with Gasteiger partial charge in [0, 0.05) is 25.0 Å². The van der Waals surface area contributed by atoms with E-state index < -0.39 is 0 Å². The van der Waals surface area contributed by atoms with E-state index in [2.05, 4.69) is 12.0 Å². The van der Waals surface area contributed by atoms with Crippen molar-refractivity contribution in [3.63, 3.8) is 0 Å². The minimum Gasteiger partial charge on any atom is -0.299 e. The van der Waals surface area contributed by atoms with Gasteiger partial charge in [-0.15, -0.1) is 0 Å². The van der Waals surface area contributed by atoms with Gasteiger partial charge >= 0.3 is 0 Å². The highest BCUT2D eigenvalue weighted by atomic mass is 16.1. The Morgan fingerprint density at radius 2 is 2.05 bits per heavy atom. The Morgan fingerprint density at radius 1 is 1.24 bits per heavy atom. The van der Waals surface area contributed by atoms with Gasteiger partial charge in [-0.25, -0.2) is 4.68 Å². The first kappa shape index (κ1) is 14.1. The molecule has 1 heterocycles. The summed E-state index contributed by atoms with van der Waals surface area (Å²) in [4.78, 5) is 12.1. The van der Waals surface area contributed by atoms with Crippen LogP contribution in [0.4, 0.5) is 0 Å². The van der Waals surface area contributed by atoms with Crippen molar-refractivity contribution in [3.8, 4) is 5.69 Å². The molecule has 110 valence electrons. The van der Waals surface area contributed by atoms with Gasteiger partial charge in [0.2, 0.25) is 0 Å². The Kier molecular flexibility index (Phi) is 4.18. The Balaban J connectivity index is 1.71. The quantitative estimate of drug-likeness (QED) is 0.854. The second-order valence-corrected chi connectivity index (χ2v) is 6.00. The van der Waals surface area contributed by atoms with Gasteiger partial charge in [-0.05, 0) is 37.0 Å². The fourth-order valence-electron chi connectivity index (χ4n) is 3.22. The first-order valence-corrected chi connectivity index (χ1v) is 7.89. The zero-order chi connectivity index (χ0) is 14.7. The normalized spacial score (nSPS) is 22.4. The third-order valence-electron chi connectivity index (χ3n) is 4.57. The number of hydrogen-bond acceptors (Lipinski definition) is 2. The molecule has 3 heteroatoms. The third-order valence-corrected chi connectivity index (χ3v) is 4.57. The molecule has 0 radical (unpaired) electrons. The summed E-state index contributed by atoms with van der Waals surface area (Å²) >= 11 is 0. The molecule has 3 rings (SSSR count). The number of carbonyl (C=O) groups is 1. The molecule has 1 aromatic heterocycles. The summed E-state index contributed by atoms with van der Waals surface area (Å²) in [5, 5.41) is 4.62. The third kappa shape index (κ3) is 3.23. The molecule has 1 aliphatic rings. The molecule has 2 unspecified atom stereocenters. The lowest BCUT2D eigenvalue weighted by molar-refractivity contribution is -0.125. The van der Waals surface area contributed by atoms with Crippen molar-refractivity contribution in [1.29, 1.82) is 0 Å². The average Bonchev–Trinajstić information content (AvgIpc) is 2.99. The SMILES string of the molecule is CCC1CCC(=O)C(Cc2ccn(-c3ccccc3)n2)C1. The Hall–Kier alpha value is -1.90. The van der Waals surface area contributed by atoms with Crippen LogP contribution < -0.4 is 0 Å². The lowest BCUT2D eigenvalue weighted by Crippen LogP contribution is -2.26. The van der Waals surface area contributed by atoms with Crippen LogP contribution in [0.2, 0.25) is 0 Å². The predicted octanol–water partition coefficient (Wildman–Crippen LogP) is 3.81. The second-order valence-electron chi connectivity index (χ2n) is 6.00. The van der Waals surface area contributed by atoms with Crippen LogP contribution in [-0.4, -0.2) is 15.6 Å². The number of rotatable bonds is 4. The molecule has 1 aliphatic carbocycles. The first-order valence-electron chi connectivity index (χ1n) is 7.89. The lowest BCUT2D eigenvalue weighted by Gasteiger charge is -2.26. The van der Waals surface area contributed by atoms with Gasteiger partial charge in [0.25, 0.3) is 0 Å². The Bertz CT molecular complexity index is 603. The van der Waals surface area contributed by atoms with Crippen molar-refractivity contribution in [2.45, 2.75) is 39.0 Å². The molecule has 2 atom stereocenters. The number of Topliss-reactive ketones (excluding diaryl/α,β-unsaturated/α-hetero) is 1. The fourth-order valence-corrected chi connectivity index (χ4v) is 3.22. The molecule has 0 amide bonds. The van der Waals surface area contributed by atoms with E-state index in [0.29, 0.717) is 11.7 Å². The summed E-state index contributed by atoms with van der Waals surface area (Å²) in [7, 11) is 0. The van der Waals surface area contributed by atoms with Crippen molar-refractivity contribution in [2.75, 3.05) is 0 Å². The predicted molar refractivity (Wildman–Crippen MR) is 83.4 cm³/mol. The number of carbonyl (C=O) groups excluding carboxylic acids is 1. The molecule has 2 aromatic rings. The van der Waals surface area contributed by atoms with Crippen LogP contribution in [0.15, 0.2) is 42.6 Å². The van der Waals surface area contributed by atoms with Crippen molar-refractivity contribution in [3.05, 3.63) is 48.3 Å². The van der Waals surface area contributed by atoms with Crippen LogP contribution >= 0.6 is 0 Å². The summed E-state index contributed by atoms with van der Waals surface area (Å²) in [6.07, 6.45) is 6.81. The highest BCUT2D eigenvalue weighted by Crippen LogP contribution is 2.30. The molecule has 1 aromatic carbocycles. The maximum absolute atomic E-state index is 12.1. The Morgan fingerprint density at radius 3 is 2.81 bits per heavy atom. The van der Waals surface area contributed by atoms with Crippen LogP contribution in [0, 0.1) is 11.8 Å². The van der Waals surface area contributed by atoms with Crippen LogP contribution in [0.3, 0.4) is 0 Å². The van der Waals surface area contributed by atoms with E-state index in [1.165, 1.54) is 6.42 Å². The topological polar surface area (TPSA) is 34.9 Å². The van der Waals surface area contributed by atoms with Crippen molar-refractivity contribution >= 4 is 5.78 Å². The molecule has 21 heavy (non-hydrogen) atoms. The molecule has 3 nitrogen and oxygen atoms in total. The van der Waals surface area contributed by atoms with Gasteiger partial charge in [0.05, 0.1) is 11.4 Å². The second kappa shape index (κ2) is 6.25. The minimum absolute atomic E-state index is 0.169. The maximum atomic E-state index is 12.1. The van der Waals surface area contributed by atoms with Gasteiger partial charge in [-0.2, -0.15) is 5.10 Å². The summed E-state index contributed by atoms with van der Waals surface area (Å²) in [5.41, 5.74) is 2.08. The molecule has 0 spiro atoms. The largest absolute Gasteiger partial charge is 0.299 e. The van der Waals surface area contributed by atoms with Crippen LogP contribution in [0.25, 0.3) is 5.69 Å². The minimum atomic E-state index is 0.169. The van der Waals surface area contributed by atoms with E-state index in [0.717, 1.165) is 37.1 Å². The molecular weight excluding hydrogens is 260 g/mol. The standard InChI is InChI=1S/C18H22N2O/c1-2-14-8-9-18(21)15(12-14)13-16-10-11-20(19-16)17-6-4-3-5-7-17/h3-7,10-11,14-15H,2,8-9,12-13H2,1H3. The number of para-hydroxylation sites is 1. The van der Waals surface area contributed by atoms with Crippen molar-refractivity contribution < 1.29 is 4.79 Å². The summed E-state index contributed by atoms with van der Waals surface area (Å²) in [6.45, 7) is 2.22. The molecule has 0 bridgehead atoms. The van der Waals surface area contributed by atoms with Crippen LogP contribution in [0.5, 0.6) is 0 Å². The highest BCUT2D eigenvalue weighted by Gasteiger charge is 2.28. The number of aromatic nitrogens is 2. The number of nitrogens with zero attached hydrogens (tertiary/aromatic N) is 2. The van der Waals surface area contributed by atoms with Gasteiger partial charge < -0.3 is 0 Å². The fraction of sp³-hybridized carbons (Fsp3) is 0.444.